The van der Waals surface area contributed by atoms with Crippen LogP contribution in [0.1, 0.15) is 39.7 Å². The molecule has 0 unspecified atom stereocenters. The Morgan fingerprint density at radius 2 is 1.74 bits per heavy atom. The molecule has 0 aliphatic rings. The van der Waals surface area contributed by atoms with Crippen LogP contribution in [0.5, 0.6) is 5.75 Å². The van der Waals surface area contributed by atoms with E-state index in [1.165, 1.54) is 19.2 Å². The second-order valence-electron chi connectivity index (χ2n) is 6.21. The number of benzene rings is 2. The maximum absolute atomic E-state index is 12.5. The van der Waals surface area contributed by atoms with Gasteiger partial charge < -0.3 is 4.74 Å². The number of hydrogen-bond donors (Lipinski definition) is 1. The highest BCUT2D eigenvalue weighted by molar-refractivity contribution is 7.99. The maximum atomic E-state index is 12.5. The molecule has 2 aromatic carbocycles. The van der Waals surface area contributed by atoms with Crippen LogP contribution in [0.15, 0.2) is 76.5 Å². The first-order valence-electron chi connectivity index (χ1n) is 10.1. The van der Waals surface area contributed by atoms with Gasteiger partial charge in [0.25, 0.3) is 15.9 Å². The van der Waals surface area contributed by atoms with Crippen molar-refractivity contribution in [1.82, 2.24) is 4.72 Å². The number of allylic oxidation sites excluding steroid dienone is 2. The molecule has 7 heteroatoms. The van der Waals surface area contributed by atoms with Gasteiger partial charge in [-0.15, -0.1) is 11.8 Å². The van der Waals surface area contributed by atoms with Crippen LogP contribution in [-0.4, -0.2) is 27.2 Å². The Hall–Kier alpha value is -2.51. The summed E-state index contributed by atoms with van der Waals surface area (Å²) in [6, 6.07) is 14.1. The molecule has 0 saturated carbocycles. The number of para-hydroxylation sites is 1. The van der Waals surface area contributed by atoms with Crippen LogP contribution in [0.25, 0.3) is 5.57 Å². The Bertz CT molecular complexity index is 1030. The Labute approximate surface area is 190 Å². The standard InChI is InChI=1S/C22H25NO4S2.C2H6/c1-5-28-20-12-8-6-10-18(20)16(2)14-15-17(3)22(24)23-29(25,26)21-13-9-7-11-19(21)27-4;1-2/h6-13,15H,2,5,14H2,1,3-4H3,(H,23,24);1-2H3/b17-15+;. The molecule has 168 valence electrons. The quantitative estimate of drug-likeness (QED) is 0.384. The van der Waals surface area contributed by atoms with Crippen molar-refractivity contribution >= 4 is 33.3 Å². The molecule has 1 N–H and O–H groups in total. The molecular weight excluding hydrogens is 430 g/mol. The van der Waals surface area contributed by atoms with Crippen molar-refractivity contribution in [3.05, 3.63) is 72.3 Å². The lowest BCUT2D eigenvalue weighted by Gasteiger charge is -2.11. The van der Waals surface area contributed by atoms with E-state index in [1.807, 2.05) is 38.1 Å². The number of nitrogens with one attached hydrogen (secondary N) is 1. The van der Waals surface area contributed by atoms with Crippen LogP contribution in [-0.2, 0) is 14.8 Å². The lowest BCUT2D eigenvalue weighted by atomic mass is 10.0. The van der Waals surface area contributed by atoms with Gasteiger partial charge in [-0.3, -0.25) is 4.79 Å². The minimum Gasteiger partial charge on any atom is -0.495 e. The first-order valence-corrected chi connectivity index (χ1v) is 12.5. The first kappa shape index (κ1) is 26.5. The molecule has 2 rings (SSSR count). The van der Waals surface area contributed by atoms with Crippen LogP contribution in [0, 0.1) is 0 Å². The van der Waals surface area contributed by atoms with Crippen LogP contribution in [0.4, 0.5) is 0 Å². The molecule has 0 heterocycles. The van der Waals surface area contributed by atoms with Gasteiger partial charge in [-0.25, -0.2) is 13.1 Å². The van der Waals surface area contributed by atoms with Crippen molar-refractivity contribution in [2.75, 3.05) is 12.9 Å². The number of thioether (sulfide) groups is 1. The van der Waals surface area contributed by atoms with Gasteiger partial charge in [-0.1, -0.05) is 63.8 Å². The fraction of sp³-hybridized carbons (Fsp3) is 0.292. The van der Waals surface area contributed by atoms with E-state index in [0.717, 1.165) is 21.8 Å². The number of methoxy groups -OCH3 is 1. The second kappa shape index (κ2) is 13.0. The topological polar surface area (TPSA) is 72.5 Å². The molecule has 0 radical (unpaired) electrons. The van der Waals surface area contributed by atoms with Crippen molar-refractivity contribution < 1.29 is 17.9 Å². The van der Waals surface area contributed by atoms with Gasteiger partial charge in [0.05, 0.1) is 7.11 Å². The van der Waals surface area contributed by atoms with Crippen LogP contribution < -0.4 is 9.46 Å². The molecule has 5 nitrogen and oxygen atoms in total. The van der Waals surface area contributed by atoms with E-state index in [0.29, 0.717) is 12.0 Å². The minimum absolute atomic E-state index is 0.0847. The summed E-state index contributed by atoms with van der Waals surface area (Å²) < 4.78 is 32.3. The van der Waals surface area contributed by atoms with Gasteiger partial charge in [0, 0.05) is 10.5 Å². The fourth-order valence-corrected chi connectivity index (χ4v) is 4.66. The number of amides is 1. The van der Waals surface area contributed by atoms with Gasteiger partial charge in [0.15, 0.2) is 0 Å². The molecule has 0 aliphatic carbocycles. The zero-order valence-corrected chi connectivity index (χ0v) is 20.4. The summed E-state index contributed by atoms with van der Waals surface area (Å²) in [5.41, 5.74) is 2.19. The van der Waals surface area contributed by atoms with Crippen LogP contribution in [0.3, 0.4) is 0 Å². The molecule has 0 spiro atoms. The van der Waals surface area contributed by atoms with Gasteiger partial charge in [0.2, 0.25) is 0 Å². The van der Waals surface area contributed by atoms with E-state index < -0.39 is 15.9 Å². The summed E-state index contributed by atoms with van der Waals surface area (Å²) in [5.74, 6) is 0.440. The highest BCUT2D eigenvalue weighted by Crippen LogP contribution is 2.29. The zero-order valence-electron chi connectivity index (χ0n) is 18.8. The summed E-state index contributed by atoms with van der Waals surface area (Å²) in [6.07, 6.45) is 2.12. The highest BCUT2D eigenvalue weighted by atomic mass is 32.2. The van der Waals surface area contributed by atoms with Gasteiger partial charge in [-0.2, -0.15) is 0 Å². The summed E-state index contributed by atoms with van der Waals surface area (Å²) in [5, 5.41) is 0. The molecule has 0 atom stereocenters. The molecule has 0 saturated heterocycles. The average Bonchev–Trinajstić information content (AvgIpc) is 2.78. The summed E-state index contributed by atoms with van der Waals surface area (Å²) in [7, 11) is -2.67. The molecule has 2 aromatic rings. The third-order valence-electron chi connectivity index (χ3n) is 4.17. The molecule has 1 amide bonds. The second-order valence-corrected chi connectivity index (χ2v) is 9.17. The smallest absolute Gasteiger partial charge is 0.267 e. The number of sulfonamides is 1. The largest absolute Gasteiger partial charge is 0.495 e. The van der Waals surface area contributed by atoms with Crippen molar-refractivity contribution in [2.45, 2.75) is 43.9 Å². The number of ether oxygens (including phenoxy) is 1. The lowest BCUT2D eigenvalue weighted by Crippen LogP contribution is -2.31. The normalized spacial score (nSPS) is 11.2. The molecule has 0 aliphatic heterocycles. The van der Waals surface area contributed by atoms with Gasteiger partial charge >= 0.3 is 0 Å². The van der Waals surface area contributed by atoms with Crippen LogP contribution in [0.2, 0.25) is 0 Å². The lowest BCUT2D eigenvalue weighted by molar-refractivity contribution is -0.115. The van der Waals surface area contributed by atoms with E-state index in [2.05, 4.69) is 18.2 Å². The summed E-state index contributed by atoms with van der Waals surface area (Å²) in [6.45, 7) is 11.8. The van der Waals surface area contributed by atoms with E-state index in [-0.39, 0.29) is 10.6 Å². The Morgan fingerprint density at radius 1 is 1.13 bits per heavy atom. The van der Waals surface area contributed by atoms with Crippen molar-refractivity contribution in [1.29, 1.82) is 0 Å². The van der Waals surface area contributed by atoms with Crippen molar-refractivity contribution in [3.8, 4) is 5.75 Å². The van der Waals surface area contributed by atoms with E-state index in [4.69, 9.17) is 4.74 Å². The summed E-state index contributed by atoms with van der Waals surface area (Å²) >= 11 is 1.73. The Morgan fingerprint density at radius 3 is 2.39 bits per heavy atom. The number of rotatable bonds is 9. The highest BCUT2D eigenvalue weighted by Gasteiger charge is 2.22. The number of hydrogen-bond acceptors (Lipinski definition) is 5. The number of carbonyl (C=O) groups excluding carboxylic acids is 1. The molecule has 31 heavy (non-hydrogen) atoms. The van der Waals surface area contributed by atoms with Crippen LogP contribution >= 0.6 is 11.8 Å². The predicted molar refractivity (Wildman–Crippen MR) is 130 cm³/mol. The minimum atomic E-state index is -4.04. The Balaban J connectivity index is 0.00000233. The average molecular weight is 462 g/mol. The zero-order chi connectivity index (χ0) is 23.4. The third kappa shape index (κ3) is 7.60. The molecule has 0 aromatic heterocycles. The first-order chi connectivity index (χ1) is 14.8. The van der Waals surface area contributed by atoms with Crippen molar-refractivity contribution in [2.24, 2.45) is 0 Å². The third-order valence-corrected chi connectivity index (χ3v) is 6.49. The fourth-order valence-electron chi connectivity index (χ4n) is 2.62. The van der Waals surface area contributed by atoms with Gasteiger partial charge in [0.1, 0.15) is 10.6 Å². The Kier molecular flexibility index (Phi) is 11.1. The van der Waals surface area contributed by atoms with Crippen molar-refractivity contribution in [3.63, 3.8) is 0 Å². The maximum Gasteiger partial charge on any atom is 0.267 e. The predicted octanol–water partition coefficient (Wildman–Crippen LogP) is 5.69. The van der Waals surface area contributed by atoms with E-state index in [1.54, 1.807) is 36.9 Å². The number of carbonyl (C=O) groups is 1. The monoisotopic (exact) mass is 461 g/mol. The SMILES string of the molecule is C=C(C/C=C(\C)C(=O)NS(=O)(=O)c1ccccc1OC)c1ccccc1SCC.CC. The molecule has 0 fully saturated rings. The van der Waals surface area contributed by atoms with Gasteiger partial charge in [-0.05, 0) is 48.4 Å². The molecular formula is C24H31NO4S2. The van der Waals surface area contributed by atoms with E-state index in [9.17, 15) is 13.2 Å². The molecule has 0 bridgehead atoms. The summed E-state index contributed by atoms with van der Waals surface area (Å²) in [4.78, 5) is 13.5. The van der Waals surface area contributed by atoms with E-state index >= 15 is 0 Å².